The lowest BCUT2D eigenvalue weighted by molar-refractivity contribution is 0.215. The summed E-state index contributed by atoms with van der Waals surface area (Å²) < 4.78 is 1.99. The Morgan fingerprint density at radius 2 is 1.88 bits per heavy atom. The lowest BCUT2D eigenvalue weighted by atomic mass is 10.1. The Kier molecular flexibility index (Phi) is 2.98. The molecule has 0 aromatic carbocycles. The summed E-state index contributed by atoms with van der Waals surface area (Å²) in [5.74, 6) is 0. The van der Waals surface area contributed by atoms with Gasteiger partial charge in [0.05, 0.1) is 12.0 Å². The molecular formula is C13H17N3O. The van der Waals surface area contributed by atoms with Gasteiger partial charge in [0.1, 0.15) is 6.10 Å². The highest BCUT2D eigenvalue weighted by Gasteiger charge is 2.17. The third kappa shape index (κ3) is 2.53. The zero-order valence-electron chi connectivity index (χ0n) is 10.3. The molecule has 90 valence electrons. The van der Waals surface area contributed by atoms with Gasteiger partial charge < -0.3 is 9.67 Å². The molecule has 2 heterocycles. The lowest BCUT2D eigenvalue weighted by Crippen LogP contribution is -2.19. The number of nitrogens with zero attached hydrogens (tertiary/aromatic N) is 3. The van der Waals surface area contributed by atoms with Gasteiger partial charge in [-0.05, 0) is 38.5 Å². The van der Waals surface area contributed by atoms with Crippen molar-refractivity contribution in [1.82, 2.24) is 14.5 Å². The van der Waals surface area contributed by atoms with E-state index in [-0.39, 0.29) is 5.54 Å². The average Bonchev–Trinajstić information content (AvgIpc) is 2.78. The van der Waals surface area contributed by atoms with Crippen LogP contribution in [0.3, 0.4) is 0 Å². The van der Waals surface area contributed by atoms with E-state index in [4.69, 9.17) is 0 Å². The number of rotatable bonds is 2. The van der Waals surface area contributed by atoms with Gasteiger partial charge in [-0.3, -0.25) is 4.98 Å². The molecule has 0 spiro atoms. The lowest BCUT2D eigenvalue weighted by Gasteiger charge is -2.20. The van der Waals surface area contributed by atoms with E-state index >= 15 is 0 Å². The van der Waals surface area contributed by atoms with Gasteiger partial charge in [0, 0.05) is 24.1 Å². The minimum Gasteiger partial charge on any atom is -0.382 e. The average molecular weight is 231 g/mol. The summed E-state index contributed by atoms with van der Waals surface area (Å²) in [5.41, 5.74) is 1.44. The van der Waals surface area contributed by atoms with Crippen molar-refractivity contribution in [2.24, 2.45) is 0 Å². The number of pyridine rings is 1. The van der Waals surface area contributed by atoms with Crippen molar-refractivity contribution in [2.45, 2.75) is 32.4 Å². The molecule has 0 aliphatic carbocycles. The number of hydrogen-bond acceptors (Lipinski definition) is 3. The summed E-state index contributed by atoms with van der Waals surface area (Å²) in [6.45, 7) is 6.28. The van der Waals surface area contributed by atoms with Crippen LogP contribution in [0.1, 0.15) is 38.1 Å². The maximum absolute atomic E-state index is 10.2. The van der Waals surface area contributed by atoms with Gasteiger partial charge in [-0.15, -0.1) is 0 Å². The van der Waals surface area contributed by atoms with Crippen molar-refractivity contribution >= 4 is 0 Å². The van der Waals surface area contributed by atoms with Crippen molar-refractivity contribution < 1.29 is 5.11 Å². The minimum atomic E-state index is -0.693. The molecule has 0 saturated carbocycles. The van der Waals surface area contributed by atoms with Crippen LogP contribution in [-0.2, 0) is 5.54 Å². The van der Waals surface area contributed by atoms with Gasteiger partial charge in [0.25, 0.3) is 0 Å². The van der Waals surface area contributed by atoms with Gasteiger partial charge >= 0.3 is 0 Å². The molecule has 0 saturated heterocycles. The summed E-state index contributed by atoms with van der Waals surface area (Å²) in [5, 5.41) is 10.2. The van der Waals surface area contributed by atoms with Gasteiger partial charge in [0.2, 0.25) is 0 Å². The van der Waals surface area contributed by atoms with Crippen molar-refractivity contribution in [1.29, 1.82) is 0 Å². The standard InChI is InChI=1S/C13H17N3O/c1-13(2,3)16-8-11(15-9-16)12(17)10-4-6-14-7-5-10/h4-9,12,17H,1-3H3. The van der Waals surface area contributed by atoms with E-state index in [9.17, 15) is 5.11 Å². The molecule has 0 aliphatic heterocycles. The summed E-state index contributed by atoms with van der Waals surface area (Å²) in [6.07, 6.45) is 6.27. The van der Waals surface area contributed by atoms with Crippen LogP contribution in [-0.4, -0.2) is 19.6 Å². The predicted molar refractivity (Wildman–Crippen MR) is 65.5 cm³/mol. The number of aliphatic hydroxyl groups excluding tert-OH is 1. The molecule has 1 N–H and O–H groups in total. The first-order chi connectivity index (χ1) is 7.98. The normalized spacial score (nSPS) is 13.6. The number of aromatic nitrogens is 3. The Hall–Kier alpha value is -1.68. The second-order valence-electron chi connectivity index (χ2n) is 5.06. The van der Waals surface area contributed by atoms with Gasteiger partial charge in [0.15, 0.2) is 0 Å². The monoisotopic (exact) mass is 231 g/mol. The van der Waals surface area contributed by atoms with Crippen molar-refractivity contribution in [3.8, 4) is 0 Å². The molecule has 4 nitrogen and oxygen atoms in total. The zero-order valence-corrected chi connectivity index (χ0v) is 10.3. The van der Waals surface area contributed by atoms with E-state index in [0.717, 1.165) is 5.56 Å². The third-order valence-electron chi connectivity index (χ3n) is 2.68. The first-order valence-electron chi connectivity index (χ1n) is 5.61. The maximum atomic E-state index is 10.2. The van der Waals surface area contributed by atoms with E-state index < -0.39 is 6.10 Å². The Labute approximate surface area is 101 Å². The van der Waals surface area contributed by atoms with Crippen LogP contribution in [0.5, 0.6) is 0 Å². The summed E-state index contributed by atoms with van der Waals surface area (Å²) in [7, 11) is 0. The SMILES string of the molecule is CC(C)(C)n1cnc(C(O)c2ccncc2)c1. The van der Waals surface area contributed by atoms with Crippen LogP contribution in [0.25, 0.3) is 0 Å². The summed E-state index contributed by atoms with van der Waals surface area (Å²) in [4.78, 5) is 8.18. The van der Waals surface area contributed by atoms with Crippen LogP contribution in [0, 0.1) is 0 Å². The number of aliphatic hydroxyl groups is 1. The highest BCUT2D eigenvalue weighted by Crippen LogP contribution is 2.22. The van der Waals surface area contributed by atoms with E-state index in [2.05, 4.69) is 30.7 Å². The summed E-state index contributed by atoms with van der Waals surface area (Å²) in [6, 6.07) is 3.58. The molecule has 0 fully saturated rings. The van der Waals surface area contributed by atoms with Crippen LogP contribution >= 0.6 is 0 Å². The van der Waals surface area contributed by atoms with Crippen molar-refractivity contribution in [3.63, 3.8) is 0 Å². The van der Waals surface area contributed by atoms with E-state index in [1.165, 1.54) is 0 Å². The van der Waals surface area contributed by atoms with E-state index in [1.807, 2.05) is 10.8 Å². The van der Waals surface area contributed by atoms with E-state index in [1.54, 1.807) is 30.9 Å². The molecule has 4 heteroatoms. The molecule has 0 bridgehead atoms. The fourth-order valence-corrected chi connectivity index (χ4v) is 1.56. The highest BCUT2D eigenvalue weighted by molar-refractivity contribution is 5.22. The molecule has 2 aromatic rings. The number of imidazole rings is 1. The molecule has 17 heavy (non-hydrogen) atoms. The molecule has 2 aromatic heterocycles. The van der Waals surface area contributed by atoms with Crippen LogP contribution in [0.4, 0.5) is 0 Å². The molecule has 2 rings (SSSR count). The Balaban J connectivity index is 2.27. The Morgan fingerprint density at radius 1 is 1.24 bits per heavy atom. The van der Waals surface area contributed by atoms with Crippen molar-refractivity contribution in [3.05, 3.63) is 48.3 Å². The van der Waals surface area contributed by atoms with Crippen molar-refractivity contribution in [2.75, 3.05) is 0 Å². The summed E-state index contributed by atoms with van der Waals surface area (Å²) >= 11 is 0. The second-order valence-corrected chi connectivity index (χ2v) is 5.06. The fourth-order valence-electron chi connectivity index (χ4n) is 1.56. The van der Waals surface area contributed by atoms with Crippen LogP contribution in [0.15, 0.2) is 37.1 Å². The van der Waals surface area contributed by atoms with Crippen LogP contribution < -0.4 is 0 Å². The smallest absolute Gasteiger partial charge is 0.123 e. The Morgan fingerprint density at radius 3 is 2.41 bits per heavy atom. The first kappa shape index (κ1) is 11.8. The maximum Gasteiger partial charge on any atom is 0.123 e. The molecule has 0 radical (unpaired) electrons. The van der Waals surface area contributed by atoms with Gasteiger partial charge in [-0.2, -0.15) is 0 Å². The topological polar surface area (TPSA) is 50.9 Å². The minimum absolute atomic E-state index is 0.0246. The molecular weight excluding hydrogens is 214 g/mol. The van der Waals surface area contributed by atoms with E-state index in [0.29, 0.717) is 5.69 Å². The number of hydrogen-bond donors (Lipinski definition) is 1. The predicted octanol–water partition coefficient (Wildman–Crippen LogP) is 2.11. The molecule has 1 atom stereocenters. The van der Waals surface area contributed by atoms with Gasteiger partial charge in [-0.25, -0.2) is 4.98 Å². The van der Waals surface area contributed by atoms with Gasteiger partial charge in [-0.1, -0.05) is 0 Å². The molecule has 0 aliphatic rings. The van der Waals surface area contributed by atoms with Crippen LogP contribution in [0.2, 0.25) is 0 Å². The quantitative estimate of drug-likeness (QED) is 0.861. The molecule has 0 amide bonds. The fraction of sp³-hybridized carbons (Fsp3) is 0.385. The first-order valence-corrected chi connectivity index (χ1v) is 5.61. The highest BCUT2D eigenvalue weighted by atomic mass is 16.3. The second kappa shape index (κ2) is 4.30. The molecule has 1 unspecified atom stereocenters. The third-order valence-corrected chi connectivity index (χ3v) is 2.68. The Bertz CT molecular complexity index is 485. The zero-order chi connectivity index (χ0) is 12.5. The largest absolute Gasteiger partial charge is 0.382 e.